The highest BCUT2D eigenvalue weighted by molar-refractivity contribution is 7.80. The third-order valence-electron chi connectivity index (χ3n) is 5.35. The summed E-state index contributed by atoms with van der Waals surface area (Å²) in [5, 5.41) is 5.00. The first-order chi connectivity index (χ1) is 15.6. The number of hydrogen-bond donors (Lipinski definition) is 2. The number of nitrogens with zero attached hydrogens (tertiary/aromatic N) is 2. The van der Waals surface area contributed by atoms with E-state index >= 15 is 0 Å². The molecule has 32 heavy (non-hydrogen) atoms. The minimum atomic E-state index is -0.0929. The van der Waals surface area contributed by atoms with Crippen molar-refractivity contribution in [2.24, 2.45) is 0 Å². The molecule has 0 atom stereocenters. The Balaban J connectivity index is 1.53. The molecule has 2 heterocycles. The Morgan fingerprint density at radius 3 is 2.62 bits per heavy atom. The van der Waals surface area contributed by atoms with Crippen LogP contribution in [0.1, 0.15) is 22.3 Å². The number of aromatic amines is 1. The van der Waals surface area contributed by atoms with E-state index in [-0.39, 0.29) is 5.56 Å². The van der Waals surface area contributed by atoms with Gasteiger partial charge in [0.1, 0.15) is 0 Å². The van der Waals surface area contributed by atoms with Crippen LogP contribution in [0, 0.1) is 6.92 Å². The molecule has 0 spiro atoms. The standard InChI is InChI=1S/C26H26N4OS/c1-19-9-10-24-22(14-19)15-23(25(31)29-24)18-30(17-21-8-5-12-27-16-21)26(32)28-13-11-20-6-3-2-4-7-20/h2-10,12,14-16H,11,13,17-18H2,1H3,(H,28,32)(H,29,31). The molecule has 0 aliphatic carbocycles. The fraction of sp³-hybridized carbons (Fsp3) is 0.192. The summed E-state index contributed by atoms with van der Waals surface area (Å²) in [4.78, 5) is 22.0. The van der Waals surface area contributed by atoms with Gasteiger partial charge >= 0.3 is 0 Å². The first kappa shape index (κ1) is 21.7. The zero-order valence-corrected chi connectivity index (χ0v) is 18.9. The number of fused-ring (bicyclic) bond motifs is 1. The molecule has 0 radical (unpaired) electrons. The lowest BCUT2D eigenvalue weighted by Crippen LogP contribution is -2.40. The van der Waals surface area contributed by atoms with Gasteiger partial charge in [-0.05, 0) is 66.3 Å². The van der Waals surface area contributed by atoms with E-state index in [1.807, 2.05) is 66.6 Å². The number of nitrogens with one attached hydrogen (secondary N) is 2. The molecule has 6 heteroatoms. The molecule has 0 bridgehead atoms. The molecular weight excluding hydrogens is 416 g/mol. The lowest BCUT2D eigenvalue weighted by molar-refractivity contribution is 0.397. The predicted molar refractivity (Wildman–Crippen MR) is 134 cm³/mol. The second-order valence-electron chi connectivity index (χ2n) is 7.90. The third kappa shape index (κ3) is 5.59. The summed E-state index contributed by atoms with van der Waals surface area (Å²) < 4.78 is 0. The quantitative estimate of drug-likeness (QED) is 0.417. The van der Waals surface area contributed by atoms with Gasteiger partial charge in [-0.2, -0.15) is 0 Å². The van der Waals surface area contributed by atoms with Gasteiger partial charge in [-0.3, -0.25) is 9.78 Å². The highest BCUT2D eigenvalue weighted by Gasteiger charge is 2.14. The summed E-state index contributed by atoms with van der Waals surface area (Å²) in [6.07, 6.45) is 4.45. The van der Waals surface area contributed by atoms with Gasteiger partial charge in [0.15, 0.2) is 5.11 Å². The van der Waals surface area contributed by atoms with Gasteiger partial charge in [0, 0.05) is 36.6 Å². The van der Waals surface area contributed by atoms with Crippen molar-refractivity contribution in [1.82, 2.24) is 20.2 Å². The van der Waals surface area contributed by atoms with E-state index in [2.05, 4.69) is 33.5 Å². The minimum absolute atomic E-state index is 0.0929. The number of pyridine rings is 2. The lowest BCUT2D eigenvalue weighted by atomic mass is 10.1. The molecular formula is C26H26N4OS. The predicted octanol–water partition coefficient (Wildman–Crippen LogP) is 4.35. The highest BCUT2D eigenvalue weighted by atomic mass is 32.1. The van der Waals surface area contributed by atoms with E-state index in [9.17, 15) is 4.79 Å². The monoisotopic (exact) mass is 442 g/mol. The summed E-state index contributed by atoms with van der Waals surface area (Å²) in [5.41, 5.74) is 4.87. The number of H-pyrrole nitrogens is 1. The highest BCUT2D eigenvalue weighted by Crippen LogP contribution is 2.15. The maximum Gasteiger partial charge on any atom is 0.253 e. The summed E-state index contributed by atoms with van der Waals surface area (Å²) in [6, 6.07) is 22.2. The number of hydrogen-bond acceptors (Lipinski definition) is 3. The molecule has 2 aromatic heterocycles. The van der Waals surface area contributed by atoms with Crippen molar-refractivity contribution in [3.63, 3.8) is 0 Å². The fourth-order valence-electron chi connectivity index (χ4n) is 3.68. The van der Waals surface area contributed by atoms with Crippen LogP contribution in [-0.4, -0.2) is 26.5 Å². The molecule has 0 amide bonds. The van der Waals surface area contributed by atoms with E-state index in [1.165, 1.54) is 5.56 Å². The Morgan fingerprint density at radius 2 is 1.84 bits per heavy atom. The smallest absolute Gasteiger partial charge is 0.253 e. The van der Waals surface area contributed by atoms with Gasteiger partial charge in [0.2, 0.25) is 0 Å². The van der Waals surface area contributed by atoms with Crippen LogP contribution in [0.25, 0.3) is 10.9 Å². The Kier molecular flexibility index (Phi) is 6.92. The van der Waals surface area contributed by atoms with Crippen molar-refractivity contribution in [2.45, 2.75) is 26.4 Å². The fourth-order valence-corrected chi connectivity index (χ4v) is 3.91. The molecule has 5 nitrogen and oxygen atoms in total. The van der Waals surface area contributed by atoms with Crippen LogP contribution < -0.4 is 10.9 Å². The van der Waals surface area contributed by atoms with Crippen LogP contribution in [0.5, 0.6) is 0 Å². The summed E-state index contributed by atoms with van der Waals surface area (Å²) in [6.45, 7) is 3.74. The van der Waals surface area contributed by atoms with Crippen molar-refractivity contribution in [1.29, 1.82) is 0 Å². The average molecular weight is 443 g/mol. The van der Waals surface area contributed by atoms with Crippen LogP contribution in [-0.2, 0) is 19.5 Å². The van der Waals surface area contributed by atoms with E-state index in [1.54, 1.807) is 6.20 Å². The SMILES string of the molecule is Cc1ccc2[nH]c(=O)c(CN(Cc3cccnc3)C(=S)NCCc3ccccc3)cc2c1. The molecule has 0 saturated carbocycles. The molecule has 2 N–H and O–H groups in total. The van der Waals surface area contributed by atoms with Gasteiger partial charge in [0.25, 0.3) is 5.56 Å². The van der Waals surface area contributed by atoms with Crippen LogP contribution in [0.3, 0.4) is 0 Å². The molecule has 0 saturated heterocycles. The Labute approximate surface area is 193 Å². The summed E-state index contributed by atoms with van der Waals surface area (Å²) >= 11 is 5.73. The van der Waals surface area contributed by atoms with Crippen molar-refractivity contribution in [3.05, 3.63) is 112 Å². The molecule has 162 valence electrons. The maximum absolute atomic E-state index is 12.8. The molecule has 2 aromatic carbocycles. The van der Waals surface area contributed by atoms with Crippen LogP contribution in [0.4, 0.5) is 0 Å². The summed E-state index contributed by atoms with van der Waals surface area (Å²) in [7, 11) is 0. The molecule has 0 unspecified atom stereocenters. The van der Waals surface area contributed by atoms with E-state index in [0.717, 1.165) is 35.0 Å². The molecule has 0 aliphatic heterocycles. The van der Waals surface area contributed by atoms with Gasteiger partial charge in [0.05, 0.1) is 6.54 Å². The number of rotatable bonds is 7. The zero-order chi connectivity index (χ0) is 22.3. The van der Waals surface area contributed by atoms with Crippen LogP contribution >= 0.6 is 12.2 Å². The van der Waals surface area contributed by atoms with Gasteiger partial charge in [-0.25, -0.2) is 0 Å². The van der Waals surface area contributed by atoms with E-state index < -0.39 is 0 Å². The second kappa shape index (κ2) is 10.2. The average Bonchev–Trinajstić information content (AvgIpc) is 2.80. The minimum Gasteiger partial charge on any atom is -0.362 e. The van der Waals surface area contributed by atoms with Crippen molar-refractivity contribution >= 4 is 28.2 Å². The topological polar surface area (TPSA) is 61.0 Å². The molecule has 4 rings (SSSR count). The van der Waals surface area contributed by atoms with E-state index in [0.29, 0.717) is 23.8 Å². The first-order valence-electron chi connectivity index (χ1n) is 10.7. The van der Waals surface area contributed by atoms with Crippen LogP contribution in [0.2, 0.25) is 0 Å². The molecule has 0 fully saturated rings. The van der Waals surface area contributed by atoms with Gasteiger partial charge < -0.3 is 15.2 Å². The Morgan fingerprint density at radius 1 is 1.03 bits per heavy atom. The Hall–Kier alpha value is -3.51. The van der Waals surface area contributed by atoms with Crippen LogP contribution in [0.15, 0.2) is 83.9 Å². The third-order valence-corrected chi connectivity index (χ3v) is 5.76. The van der Waals surface area contributed by atoms with Crippen molar-refractivity contribution in [3.8, 4) is 0 Å². The van der Waals surface area contributed by atoms with E-state index in [4.69, 9.17) is 12.2 Å². The molecule has 0 aliphatic rings. The maximum atomic E-state index is 12.8. The zero-order valence-electron chi connectivity index (χ0n) is 18.0. The first-order valence-corrected chi connectivity index (χ1v) is 11.1. The molecule has 4 aromatic rings. The Bertz CT molecular complexity index is 1260. The number of aromatic nitrogens is 2. The number of benzene rings is 2. The van der Waals surface area contributed by atoms with Gasteiger partial charge in [-0.15, -0.1) is 0 Å². The number of thiocarbonyl (C=S) groups is 1. The number of aryl methyl sites for hydroxylation is 1. The lowest BCUT2D eigenvalue weighted by Gasteiger charge is -2.26. The van der Waals surface area contributed by atoms with Crippen molar-refractivity contribution < 1.29 is 0 Å². The second-order valence-corrected chi connectivity index (χ2v) is 8.29. The summed E-state index contributed by atoms with van der Waals surface area (Å²) in [5.74, 6) is 0. The van der Waals surface area contributed by atoms with Crippen molar-refractivity contribution in [2.75, 3.05) is 6.54 Å². The van der Waals surface area contributed by atoms with Gasteiger partial charge in [-0.1, -0.05) is 48.0 Å². The largest absolute Gasteiger partial charge is 0.362 e. The normalized spacial score (nSPS) is 10.8.